The number of carboxylic acid groups (broad SMARTS) is 1. The van der Waals surface area contributed by atoms with Crippen LogP contribution in [-0.2, 0) is 9.59 Å². The summed E-state index contributed by atoms with van der Waals surface area (Å²) in [5.74, 6) is -1.72. The third-order valence-electron chi connectivity index (χ3n) is 2.33. The lowest BCUT2D eigenvalue weighted by atomic mass is 10.2. The van der Waals surface area contributed by atoms with Gasteiger partial charge in [0.05, 0.1) is 5.69 Å². The van der Waals surface area contributed by atoms with Crippen molar-refractivity contribution in [2.45, 2.75) is 6.04 Å². The van der Waals surface area contributed by atoms with Crippen molar-refractivity contribution in [2.24, 2.45) is 0 Å². The average molecular weight is 301 g/mol. The van der Waals surface area contributed by atoms with E-state index >= 15 is 0 Å². The summed E-state index contributed by atoms with van der Waals surface area (Å²) < 4.78 is 0.732. The van der Waals surface area contributed by atoms with Gasteiger partial charge in [0.25, 0.3) is 5.91 Å². The van der Waals surface area contributed by atoms with Crippen LogP contribution < -0.4 is 10.2 Å². The minimum absolute atomic E-state index is 0.521. The molecule has 17 heavy (non-hydrogen) atoms. The van der Waals surface area contributed by atoms with Crippen molar-refractivity contribution in [2.75, 3.05) is 19.0 Å². The van der Waals surface area contributed by atoms with Crippen molar-refractivity contribution in [3.05, 3.63) is 28.7 Å². The van der Waals surface area contributed by atoms with Gasteiger partial charge in [-0.05, 0) is 35.1 Å². The number of nitrogens with one attached hydrogen (secondary N) is 1. The van der Waals surface area contributed by atoms with Gasteiger partial charge in [-0.15, -0.1) is 0 Å². The van der Waals surface area contributed by atoms with E-state index in [0.717, 1.165) is 4.47 Å². The number of halogens is 1. The number of rotatable bonds is 4. The van der Waals surface area contributed by atoms with Crippen molar-refractivity contribution in [1.82, 2.24) is 5.32 Å². The second-order valence-corrected chi connectivity index (χ2v) is 4.26. The van der Waals surface area contributed by atoms with Crippen LogP contribution in [0, 0.1) is 0 Å². The van der Waals surface area contributed by atoms with Gasteiger partial charge in [0.2, 0.25) is 0 Å². The van der Waals surface area contributed by atoms with E-state index in [1.54, 1.807) is 18.2 Å². The first-order valence-corrected chi connectivity index (χ1v) is 5.70. The van der Waals surface area contributed by atoms with Gasteiger partial charge in [0.1, 0.15) is 0 Å². The van der Waals surface area contributed by atoms with Gasteiger partial charge in [-0.2, -0.15) is 0 Å². The molecule has 2 N–H and O–H groups in total. The number of hydrogen-bond acceptors (Lipinski definition) is 3. The molecular weight excluding hydrogens is 288 g/mol. The Bertz CT molecular complexity index is 436. The molecule has 0 saturated carbocycles. The van der Waals surface area contributed by atoms with Crippen LogP contribution in [0.4, 0.5) is 5.69 Å². The van der Waals surface area contributed by atoms with Gasteiger partial charge in [-0.1, -0.05) is 12.1 Å². The Morgan fingerprint density at radius 1 is 1.41 bits per heavy atom. The second-order valence-electron chi connectivity index (χ2n) is 3.41. The minimum Gasteiger partial charge on any atom is -0.480 e. The van der Waals surface area contributed by atoms with E-state index in [-0.39, 0.29) is 0 Å². The topological polar surface area (TPSA) is 69.6 Å². The smallest absolute Gasteiger partial charge is 0.330 e. The highest BCUT2D eigenvalue weighted by Crippen LogP contribution is 2.25. The van der Waals surface area contributed by atoms with E-state index in [4.69, 9.17) is 5.11 Å². The largest absolute Gasteiger partial charge is 0.480 e. The summed E-state index contributed by atoms with van der Waals surface area (Å²) in [7, 11) is 2.97. The molecule has 92 valence electrons. The number of hydrogen-bond donors (Lipinski definition) is 2. The molecule has 0 spiro atoms. The Balaban J connectivity index is 2.97. The zero-order valence-electron chi connectivity index (χ0n) is 9.48. The molecule has 5 nitrogen and oxygen atoms in total. The molecule has 6 heteroatoms. The average Bonchev–Trinajstić information content (AvgIpc) is 2.29. The number of nitrogens with zero attached hydrogens (tertiary/aromatic N) is 1. The van der Waals surface area contributed by atoms with Crippen LogP contribution in [0.3, 0.4) is 0 Å². The number of carboxylic acids is 1. The number of aliphatic carboxylic acids is 1. The highest BCUT2D eigenvalue weighted by Gasteiger charge is 2.28. The number of amides is 1. The van der Waals surface area contributed by atoms with Crippen LogP contribution in [-0.4, -0.2) is 37.1 Å². The third-order valence-corrected chi connectivity index (χ3v) is 3.00. The maximum Gasteiger partial charge on any atom is 0.330 e. The van der Waals surface area contributed by atoms with Crippen molar-refractivity contribution >= 4 is 33.5 Å². The Hall–Kier alpha value is -1.40. The van der Waals surface area contributed by atoms with Gasteiger partial charge < -0.3 is 10.0 Å². The number of benzene rings is 1. The highest BCUT2D eigenvalue weighted by molar-refractivity contribution is 9.10. The van der Waals surface area contributed by atoms with E-state index in [2.05, 4.69) is 21.2 Å². The van der Waals surface area contributed by atoms with Crippen molar-refractivity contribution in [3.8, 4) is 0 Å². The molecule has 1 aromatic rings. The number of anilines is 1. The molecule has 0 saturated heterocycles. The number of carbonyl (C=O) groups is 2. The summed E-state index contributed by atoms with van der Waals surface area (Å²) in [6.45, 7) is 0. The molecule has 0 fully saturated rings. The minimum atomic E-state index is -1.24. The Kier molecular flexibility index (Phi) is 4.65. The van der Waals surface area contributed by atoms with Crippen LogP contribution in [0.5, 0.6) is 0 Å². The molecule has 0 heterocycles. The van der Waals surface area contributed by atoms with Crippen molar-refractivity contribution < 1.29 is 14.7 Å². The molecule has 1 atom stereocenters. The Morgan fingerprint density at radius 3 is 2.47 bits per heavy atom. The zero-order chi connectivity index (χ0) is 13.0. The molecule has 0 aliphatic heterocycles. The van der Waals surface area contributed by atoms with E-state index in [1.807, 2.05) is 6.07 Å². The van der Waals surface area contributed by atoms with Crippen LogP contribution in [0.25, 0.3) is 0 Å². The number of likely N-dealkylation sites (N-methyl/N-ethyl adjacent to an activating group) is 2. The summed E-state index contributed by atoms with van der Waals surface area (Å²) in [4.78, 5) is 24.1. The predicted molar refractivity (Wildman–Crippen MR) is 68.0 cm³/mol. The van der Waals surface area contributed by atoms with Gasteiger partial charge in [-0.3, -0.25) is 10.1 Å². The molecule has 1 amide bonds. The maximum atomic E-state index is 11.9. The fourth-order valence-corrected chi connectivity index (χ4v) is 1.94. The summed E-state index contributed by atoms with van der Waals surface area (Å²) >= 11 is 3.31. The molecule has 1 aromatic carbocycles. The zero-order valence-corrected chi connectivity index (χ0v) is 11.1. The first-order valence-electron chi connectivity index (χ1n) is 4.91. The molecule has 1 unspecified atom stereocenters. The van der Waals surface area contributed by atoms with Crippen LogP contribution in [0.15, 0.2) is 28.7 Å². The van der Waals surface area contributed by atoms with Gasteiger partial charge in [-0.25, -0.2) is 4.79 Å². The monoisotopic (exact) mass is 300 g/mol. The van der Waals surface area contributed by atoms with E-state index < -0.39 is 17.9 Å². The summed E-state index contributed by atoms with van der Waals surface area (Å²) in [6, 6.07) is 5.87. The summed E-state index contributed by atoms with van der Waals surface area (Å²) in [5, 5.41) is 11.4. The fraction of sp³-hybridized carbons (Fsp3) is 0.273. The molecule has 0 aliphatic carbocycles. The van der Waals surface area contributed by atoms with Gasteiger partial charge in [0.15, 0.2) is 6.04 Å². The van der Waals surface area contributed by atoms with Gasteiger partial charge in [0, 0.05) is 11.5 Å². The van der Waals surface area contributed by atoms with E-state index in [0.29, 0.717) is 5.69 Å². The fourth-order valence-electron chi connectivity index (χ4n) is 1.39. The second kappa shape index (κ2) is 5.79. The molecule has 0 radical (unpaired) electrons. The normalized spacial score (nSPS) is 11.9. The van der Waals surface area contributed by atoms with Crippen LogP contribution in [0.2, 0.25) is 0 Å². The standard InChI is InChI=1S/C11H13BrN2O3/c1-13-9(11(16)17)10(15)14(2)8-6-4-3-5-7(8)12/h3-6,9,13H,1-2H3,(H,16,17). The molecule has 0 aliphatic rings. The molecule has 0 bridgehead atoms. The number of carbonyl (C=O) groups excluding carboxylic acids is 1. The lowest BCUT2D eigenvalue weighted by Gasteiger charge is -2.22. The first kappa shape index (κ1) is 13.7. The predicted octanol–water partition coefficient (Wildman–Crippen LogP) is 1.08. The van der Waals surface area contributed by atoms with E-state index in [1.165, 1.54) is 19.0 Å². The SMILES string of the molecule is CNC(C(=O)O)C(=O)N(C)c1ccccc1Br. The summed E-state index contributed by atoms with van der Waals surface area (Å²) in [6.07, 6.45) is 0. The Morgan fingerprint density at radius 2 is 2.00 bits per heavy atom. The summed E-state index contributed by atoms with van der Waals surface area (Å²) in [5.41, 5.74) is 0.624. The quantitative estimate of drug-likeness (QED) is 0.817. The molecular formula is C11H13BrN2O3. The highest BCUT2D eigenvalue weighted by atomic mass is 79.9. The number of para-hydroxylation sites is 1. The third kappa shape index (κ3) is 3.04. The lowest BCUT2D eigenvalue weighted by molar-refractivity contribution is -0.143. The van der Waals surface area contributed by atoms with Crippen LogP contribution >= 0.6 is 15.9 Å². The van der Waals surface area contributed by atoms with Crippen LogP contribution in [0.1, 0.15) is 0 Å². The van der Waals surface area contributed by atoms with Crippen molar-refractivity contribution in [3.63, 3.8) is 0 Å². The Labute approximate surface area is 108 Å². The first-order chi connectivity index (χ1) is 7.99. The van der Waals surface area contributed by atoms with E-state index in [9.17, 15) is 9.59 Å². The lowest BCUT2D eigenvalue weighted by Crippen LogP contribution is -2.48. The van der Waals surface area contributed by atoms with Crippen molar-refractivity contribution in [1.29, 1.82) is 0 Å². The molecule has 1 rings (SSSR count). The maximum absolute atomic E-state index is 11.9. The van der Waals surface area contributed by atoms with Gasteiger partial charge >= 0.3 is 5.97 Å². The molecule has 0 aromatic heterocycles.